The highest BCUT2D eigenvalue weighted by atomic mass is 32.1. The van der Waals surface area contributed by atoms with E-state index in [1.54, 1.807) is 0 Å². The van der Waals surface area contributed by atoms with Gasteiger partial charge in [-0.05, 0) is 78.4 Å². The van der Waals surface area contributed by atoms with E-state index in [0.717, 1.165) is 6.42 Å². The molecule has 5 aromatic carbocycles. The maximum absolute atomic E-state index is 2.61. The van der Waals surface area contributed by atoms with Crippen molar-refractivity contribution < 1.29 is 9.13 Å². The molecule has 0 amide bonds. The monoisotopic (exact) mass is 713 g/mol. The summed E-state index contributed by atoms with van der Waals surface area (Å²) < 4.78 is 10.3. The predicted octanol–water partition coefficient (Wildman–Crippen LogP) is 12.3. The smallest absolute Gasteiger partial charge is 0.218 e. The van der Waals surface area contributed by atoms with Crippen molar-refractivity contribution in [1.82, 2.24) is 4.40 Å². The Bertz CT molecular complexity index is 3260. The molecule has 4 heteroatoms. The van der Waals surface area contributed by atoms with E-state index in [1.165, 1.54) is 103 Å². The number of aryl methyl sites for hydroxylation is 1. The minimum absolute atomic E-state index is 0.00544. The van der Waals surface area contributed by atoms with E-state index in [-0.39, 0.29) is 17.4 Å². The number of allylic oxidation sites excluding steroid dienone is 1. The number of pyridine rings is 2. The Morgan fingerprint density at radius 3 is 2.39 bits per heavy atom. The summed E-state index contributed by atoms with van der Waals surface area (Å²) in [6, 6.07) is 44.3. The van der Waals surface area contributed by atoms with Crippen LogP contribution < -0.4 is 9.13 Å². The van der Waals surface area contributed by atoms with Crippen LogP contribution >= 0.6 is 11.3 Å². The molecule has 0 spiro atoms. The minimum Gasteiger partial charge on any atom is -0.308 e. The van der Waals surface area contributed by atoms with Crippen LogP contribution in [0.4, 0.5) is 0 Å². The number of nitrogens with zero attached hydrogens (tertiary/aromatic N) is 3. The van der Waals surface area contributed by atoms with Crippen molar-refractivity contribution in [2.24, 2.45) is 0 Å². The molecule has 0 fully saturated rings. The summed E-state index contributed by atoms with van der Waals surface area (Å²) in [5.74, 6) is 0.255. The highest BCUT2D eigenvalue weighted by Gasteiger charge is 2.44. The van der Waals surface area contributed by atoms with E-state index in [4.69, 9.17) is 0 Å². The Morgan fingerprint density at radius 2 is 1.50 bits per heavy atom. The van der Waals surface area contributed by atoms with Gasteiger partial charge in [-0.2, -0.15) is 9.13 Å². The number of benzene rings is 5. The van der Waals surface area contributed by atoms with Crippen molar-refractivity contribution in [3.05, 3.63) is 156 Å². The Balaban J connectivity index is 1.30. The van der Waals surface area contributed by atoms with Crippen LogP contribution in [-0.2, 0) is 5.41 Å². The number of fused-ring (bicyclic) bond motifs is 20. The van der Waals surface area contributed by atoms with Gasteiger partial charge in [0.1, 0.15) is 0 Å². The van der Waals surface area contributed by atoms with Gasteiger partial charge in [0.15, 0.2) is 24.6 Å². The van der Waals surface area contributed by atoms with E-state index in [2.05, 4.69) is 181 Å². The molecule has 258 valence electrons. The van der Waals surface area contributed by atoms with Crippen LogP contribution in [0.15, 0.2) is 134 Å². The Labute approximate surface area is 318 Å². The first kappa shape index (κ1) is 30.6. The zero-order valence-electron chi connectivity index (χ0n) is 30.9. The van der Waals surface area contributed by atoms with Gasteiger partial charge in [0.2, 0.25) is 11.4 Å². The molecule has 2 atom stereocenters. The second-order valence-corrected chi connectivity index (χ2v) is 17.7. The molecule has 0 radical (unpaired) electrons. The minimum atomic E-state index is 0.00544. The second-order valence-electron chi connectivity index (χ2n) is 16.6. The molecule has 0 saturated carbocycles. The highest BCUT2D eigenvalue weighted by molar-refractivity contribution is 7.26. The molecule has 12 rings (SSSR count). The molecular weight excluding hydrogens is 675 g/mol. The molecule has 2 aliphatic heterocycles. The number of hydrogen-bond acceptors (Lipinski definition) is 1. The molecule has 2 aliphatic rings. The normalized spacial score (nSPS) is 17.3. The summed E-state index contributed by atoms with van der Waals surface area (Å²) in [5.41, 5.74) is 14.5. The fourth-order valence-electron chi connectivity index (χ4n) is 10.0. The molecule has 10 aromatic rings. The summed E-state index contributed by atoms with van der Waals surface area (Å²) in [7, 11) is 0. The van der Waals surface area contributed by atoms with Crippen LogP contribution in [0.1, 0.15) is 61.4 Å². The van der Waals surface area contributed by atoms with Crippen LogP contribution in [0.5, 0.6) is 0 Å². The zero-order valence-corrected chi connectivity index (χ0v) is 31.7. The van der Waals surface area contributed by atoms with Gasteiger partial charge < -0.3 is 4.40 Å². The topological polar surface area (TPSA) is 12.2 Å². The number of rotatable bonds is 0. The highest BCUT2D eigenvalue weighted by Crippen LogP contribution is 2.51. The second kappa shape index (κ2) is 10.6. The Hall–Kier alpha value is -5.84. The van der Waals surface area contributed by atoms with E-state index in [1.807, 2.05) is 11.3 Å². The van der Waals surface area contributed by atoms with Crippen LogP contribution in [0.25, 0.3) is 87.0 Å². The molecular formula is C50H39N3S+2. The van der Waals surface area contributed by atoms with Crippen molar-refractivity contribution in [3.8, 4) is 22.5 Å². The Morgan fingerprint density at radius 1 is 0.685 bits per heavy atom. The van der Waals surface area contributed by atoms with Crippen molar-refractivity contribution in [2.75, 3.05) is 0 Å². The van der Waals surface area contributed by atoms with Crippen molar-refractivity contribution in [2.45, 2.75) is 51.5 Å². The third kappa shape index (κ3) is 4.01. The zero-order chi connectivity index (χ0) is 36.0. The summed E-state index contributed by atoms with van der Waals surface area (Å²) in [5, 5.41) is 8.06. The average molecular weight is 714 g/mol. The third-order valence-corrected chi connectivity index (χ3v) is 13.7. The van der Waals surface area contributed by atoms with E-state index in [9.17, 15) is 0 Å². The molecule has 0 aliphatic carbocycles. The Kier molecular flexibility index (Phi) is 6.03. The lowest BCUT2D eigenvalue weighted by Crippen LogP contribution is -2.48. The summed E-state index contributed by atoms with van der Waals surface area (Å²) in [6.07, 6.45) is 10.4. The molecule has 7 heterocycles. The largest absolute Gasteiger partial charge is 0.308 e. The fraction of sp³-hybridized carbons (Fsp3) is 0.160. The SMILES string of the molecule is Cc1ccc2[n+](c1)C1c3cc4c(cc3-c3cc(C(C)(C)C)cc[n+]3/C=C/CC1c1ccccc1-2)c1c2sc3ccccc3c2cc2c3ccccc3n4c21. The van der Waals surface area contributed by atoms with Gasteiger partial charge in [-0.1, -0.05) is 75.4 Å². The van der Waals surface area contributed by atoms with Gasteiger partial charge in [0, 0.05) is 76.6 Å². The first-order chi connectivity index (χ1) is 26.3. The number of para-hydroxylation sites is 1. The fourth-order valence-corrected chi connectivity index (χ4v) is 11.3. The first-order valence-corrected chi connectivity index (χ1v) is 20.0. The van der Waals surface area contributed by atoms with Gasteiger partial charge in [-0.25, -0.2) is 0 Å². The maximum Gasteiger partial charge on any atom is 0.218 e. The summed E-state index contributed by atoms with van der Waals surface area (Å²) in [6.45, 7) is 9.22. The molecule has 5 aromatic heterocycles. The summed E-state index contributed by atoms with van der Waals surface area (Å²) in [4.78, 5) is 0. The van der Waals surface area contributed by atoms with Gasteiger partial charge in [-0.15, -0.1) is 11.3 Å². The van der Waals surface area contributed by atoms with Crippen LogP contribution in [0, 0.1) is 6.92 Å². The molecule has 54 heavy (non-hydrogen) atoms. The predicted molar refractivity (Wildman–Crippen MR) is 226 cm³/mol. The van der Waals surface area contributed by atoms with Crippen LogP contribution in [-0.4, -0.2) is 4.40 Å². The number of aromatic nitrogens is 3. The van der Waals surface area contributed by atoms with Crippen LogP contribution in [0.3, 0.4) is 0 Å². The quantitative estimate of drug-likeness (QED) is 0.139. The average Bonchev–Trinajstić information content (AvgIpc) is 3.84. The van der Waals surface area contributed by atoms with Gasteiger partial charge in [-0.3, -0.25) is 0 Å². The lowest BCUT2D eigenvalue weighted by molar-refractivity contribution is -0.708. The maximum atomic E-state index is 2.61. The van der Waals surface area contributed by atoms with Crippen molar-refractivity contribution in [1.29, 1.82) is 0 Å². The van der Waals surface area contributed by atoms with Gasteiger partial charge in [0.25, 0.3) is 0 Å². The van der Waals surface area contributed by atoms with Gasteiger partial charge >= 0.3 is 0 Å². The van der Waals surface area contributed by atoms with E-state index >= 15 is 0 Å². The number of hydrogen-bond donors (Lipinski definition) is 0. The van der Waals surface area contributed by atoms with E-state index in [0.29, 0.717) is 0 Å². The lowest BCUT2D eigenvalue weighted by atomic mass is 9.76. The third-order valence-electron chi connectivity index (χ3n) is 12.5. The van der Waals surface area contributed by atoms with Crippen molar-refractivity contribution >= 4 is 75.8 Å². The molecule has 3 nitrogen and oxygen atoms in total. The van der Waals surface area contributed by atoms with Crippen LogP contribution in [0.2, 0.25) is 0 Å². The van der Waals surface area contributed by atoms with E-state index < -0.39 is 0 Å². The number of thiophene rings is 1. The molecule has 0 saturated heterocycles. The van der Waals surface area contributed by atoms with Crippen molar-refractivity contribution in [3.63, 3.8) is 0 Å². The van der Waals surface area contributed by atoms with Gasteiger partial charge in [0.05, 0.1) is 28.0 Å². The molecule has 2 unspecified atom stereocenters. The standard InChI is InChI=1S/C50H39N3S/c1-29-19-20-41-32-13-6-5-12-31(32)35-16-11-22-51-23-21-30(50(2,3)4)24-43(51)36-25-40-44(27-38(36)47(35)52(41)28-29)53-42-17-9-7-14-33(42)37-26-39-34-15-8-10-18-45(34)54-49(39)46(40)48(37)53/h5-15,17-28,35,47H,16H2,1-4H3/q+2/b22-11+. The lowest BCUT2D eigenvalue weighted by Gasteiger charge is -2.31. The summed E-state index contributed by atoms with van der Waals surface area (Å²) >= 11 is 1.94. The molecule has 0 N–H and O–H groups in total. The molecule has 0 bridgehead atoms. The first-order valence-electron chi connectivity index (χ1n) is 19.2.